The maximum Gasteiger partial charge on any atom is 0.254 e. The SMILES string of the molecule is Cn1cc(-c2cc(C(=O)N3CCCC[C@H]4CN(S(=O)(=O)c5ccccc5)C[C@H]43)ccn2)cn1. The Labute approximate surface area is 193 Å². The second-order valence-electron chi connectivity index (χ2n) is 8.79. The summed E-state index contributed by atoms with van der Waals surface area (Å²) in [5.74, 6) is 0.0629. The summed E-state index contributed by atoms with van der Waals surface area (Å²) in [5, 5.41) is 4.19. The number of pyridine rings is 1. The lowest BCUT2D eigenvalue weighted by atomic mass is 9.98. The van der Waals surface area contributed by atoms with Gasteiger partial charge in [-0.15, -0.1) is 0 Å². The number of fused-ring (bicyclic) bond motifs is 1. The van der Waals surface area contributed by atoms with Crippen molar-refractivity contribution in [2.75, 3.05) is 19.6 Å². The number of likely N-dealkylation sites (tertiary alicyclic amines) is 1. The number of hydrogen-bond acceptors (Lipinski definition) is 5. The fraction of sp³-hybridized carbons (Fsp3) is 0.375. The van der Waals surface area contributed by atoms with E-state index in [1.807, 2.05) is 24.2 Å². The zero-order chi connectivity index (χ0) is 23.0. The van der Waals surface area contributed by atoms with Crippen molar-refractivity contribution in [3.8, 4) is 11.3 Å². The van der Waals surface area contributed by atoms with Crippen LogP contribution in [0.4, 0.5) is 0 Å². The van der Waals surface area contributed by atoms with Crippen LogP contribution in [0.3, 0.4) is 0 Å². The van der Waals surface area contributed by atoms with E-state index in [2.05, 4.69) is 10.1 Å². The molecule has 0 bridgehead atoms. The molecule has 9 heteroatoms. The quantitative estimate of drug-likeness (QED) is 0.591. The second kappa shape index (κ2) is 8.72. The van der Waals surface area contributed by atoms with Gasteiger partial charge in [0, 0.05) is 56.2 Å². The lowest BCUT2D eigenvalue weighted by Crippen LogP contribution is -2.44. The molecule has 3 aromatic rings. The van der Waals surface area contributed by atoms with Crippen molar-refractivity contribution in [3.63, 3.8) is 0 Å². The number of carbonyl (C=O) groups excluding carboxylic acids is 1. The van der Waals surface area contributed by atoms with E-state index in [4.69, 9.17) is 0 Å². The lowest BCUT2D eigenvalue weighted by molar-refractivity contribution is 0.0668. The van der Waals surface area contributed by atoms with Gasteiger partial charge in [0.05, 0.1) is 16.8 Å². The van der Waals surface area contributed by atoms with Crippen LogP contribution < -0.4 is 0 Å². The summed E-state index contributed by atoms with van der Waals surface area (Å²) < 4.78 is 29.7. The number of amides is 1. The maximum atomic E-state index is 13.6. The summed E-state index contributed by atoms with van der Waals surface area (Å²) in [6.45, 7) is 1.40. The Balaban J connectivity index is 1.41. The van der Waals surface area contributed by atoms with Crippen molar-refractivity contribution in [2.24, 2.45) is 13.0 Å². The second-order valence-corrected chi connectivity index (χ2v) is 10.7. The average molecular weight is 466 g/mol. The molecule has 2 atom stereocenters. The topological polar surface area (TPSA) is 88.4 Å². The smallest absolute Gasteiger partial charge is 0.254 e. The standard InChI is InChI=1S/C24H27N5O3S/c1-27-15-20(14-26-27)22-13-18(10-11-25-22)24(30)29-12-6-5-7-19-16-28(17-23(19)29)33(31,32)21-8-3-2-4-9-21/h2-4,8-11,13-15,19,23H,5-7,12,16-17H2,1H3/t19-,23+/m0/s1. The van der Waals surface area contributed by atoms with Gasteiger partial charge in [-0.1, -0.05) is 24.6 Å². The van der Waals surface area contributed by atoms with Crippen LogP contribution in [-0.2, 0) is 17.1 Å². The Morgan fingerprint density at radius 2 is 1.91 bits per heavy atom. The van der Waals surface area contributed by atoms with E-state index in [1.54, 1.807) is 57.8 Å². The molecular weight excluding hydrogens is 438 g/mol. The van der Waals surface area contributed by atoms with Gasteiger partial charge in [-0.25, -0.2) is 8.42 Å². The van der Waals surface area contributed by atoms with Gasteiger partial charge >= 0.3 is 0 Å². The minimum atomic E-state index is -3.59. The predicted octanol–water partition coefficient (Wildman–Crippen LogP) is 2.80. The first-order valence-corrected chi connectivity index (χ1v) is 12.7. The third-order valence-electron chi connectivity index (χ3n) is 6.65. The molecule has 2 saturated heterocycles. The van der Waals surface area contributed by atoms with E-state index in [0.29, 0.717) is 35.8 Å². The third-order valence-corrected chi connectivity index (χ3v) is 8.49. The highest BCUT2D eigenvalue weighted by Gasteiger charge is 2.44. The minimum absolute atomic E-state index is 0.0709. The molecule has 2 fully saturated rings. The molecule has 0 radical (unpaired) electrons. The van der Waals surface area contributed by atoms with Gasteiger partial charge in [-0.3, -0.25) is 14.5 Å². The first-order chi connectivity index (χ1) is 15.9. The minimum Gasteiger partial charge on any atom is -0.334 e. The van der Waals surface area contributed by atoms with Crippen molar-refractivity contribution < 1.29 is 13.2 Å². The van der Waals surface area contributed by atoms with E-state index < -0.39 is 10.0 Å². The molecule has 1 amide bonds. The van der Waals surface area contributed by atoms with Gasteiger partial charge in [-0.05, 0) is 43.0 Å². The largest absolute Gasteiger partial charge is 0.334 e. The van der Waals surface area contributed by atoms with E-state index >= 15 is 0 Å². The molecule has 2 aromatic heterocycles. The molecule has 172 valence electrons. The van der Waals surface area contributed by atoms with Crippen molar-refractivity contribution in [1.29, 1.82) is 0 Å². The molecule has 0 aliphatic carbocycles. The van der Waals surface area contributed by atoms with E-state index in [1.165, 1.54) is 0 Å². The van der Waals surface area contributed by atoms with Crippen LogP contribution in [0.1, 0.15) is 29.6 Å². The van der Waals surface area contributed by atoms with Gasteiger partial charge in [0.15, 0.2) is 0 Å². The summed E-state index contributed by atoms with van der Waals surface area (Å²) in [6, 6.07) is 11.9. The number of carbonyl (C=O) groups is 1. The fourth-order valence-corrected chi connectivity index (χ4v) is 6.47. The Kier molecular flexibility index (Phi) is 5.76. The van der Waals surface area contributed by atoms with Crippen molar-refractivity contribution in [1.82, 2.24) is 24.0 Å². The van der Waals surface area contributed by atoms with Crippen LogP contribution in [-0.4, -0.2) is 64.0 Å². The monoisotopic (exact) mass is 465 g/mol. The molecule has 0 spiro atoms. The van der Waals surface area contributed by atoms with Crippen LogP contribution in [0.25, 0.3) is 11.3 Å². The number of aryl methyl sites for hydroxylation is 1. The Hall–Kier alpha value is -3.04. The molecule has 33 heavy (non-hydrogen) atoms. The molecule has 0 N–H and O–H groups in total. The first-order valence-electron chi connectivity index (χ1n) is 11.2. The van der Waals surface area contributed by atoms with Gasteiger partial charge in [0.25, 0.3) is 5.91 Å². The number of sulfonamides is 1. The average Bonchev–Trinajstić information content (AvgIpc) is 3.41. The number of nitrogens with zero attached hydrogens (tertiary/aromatic N) is 5. The molecule has 1 aromatic carbocycles. The lowest BCUT2D eigenvalue weighted by Gasteiger charge is -2.30. The Morgan fingerprint density at radius 1 is 1.09 bits per heavy atom. The zero-order valence-electron chi connectivity index (χ0n) is 18.5. The number of rotatable bonds is 4. The fourth-order valence-electron chi connectivity index (χ4n) is 4.94. The van der Waals surface area contributed by atoms with Gasteiger partial charge < -0.3 is 4.90 Å². The molecule has 8 nitrogen and oxygen atoms in total. The highest BCUT2D eigenvalue weighted by molar-refractivity contribution is 7.89. The van der Waals surface area contributed by atoms with Crippen LogP contribution in [0.2, 0.25) is 0 Å². The zero-order valence-corrected chi connectivity index (χ0v) is 19.4. The summed E-state index contributed by atoms with van der Waals surface area (Å²) in [4.78, 5) is 20.2. The van der Waals surface area contributed by atoms with Crippen molar-refractivity contribution in [2.45, 2.75) is 30.2 Å². The van der Waals surface area contributed by atoms with Crippen molar-refractivity contribution >= 4 is 15.9 Å². The molecule has 2 aliphatic heterocycles. The van der Waals surface area contributed by atoms with E-state index in [0.717, 1.165) is 24.8 Å². The molecule has 0 unspecified atom stereocenters. The van der Waals surface area contributed by atoms with Crippen LogP contribution >= 0.6 is 0 Å². The number of benzene rings is 1. The predicted molar refractivity (Wildman–Crippen MR) is 124 cm³/mol. The van der Waals surface area contributed by atoms with Crippen LogP contribution in [0.15, 0.2) is 66.0 Å². The summed E-state index contributed by atoms with van der Waals surface area (Å²) in [7, 11) is -1.75. The molecule has 5 rings (SSSR count). The summed E-state index contributed by atoms with van der Waals surface area (Å²) in [6.07, 6.45) is 8.06. The van der Waals surface area contributed by atoms with Crippen LogP contribution in [0, 0.1) is 5.92 Å². The Morgan fingerprint density at radius 3 is 2.67 bits per heavy atom. The highest BCUT2D eigenvalue weighted by Crippen LogP contribution is 2.34. The van der Waals surface area contributed by atoms with Gasteiger partial charge in [-0.2, -0.15) is 9.40 Å². The van der Waals surface area contributed by atoms with Gasteiger partial charge in [0.1, 0.15) is 0 Å². The highest BCUT2D eigenvalue weighted by atomic mass is 32.2. The molecule has 4 heterocycles. The third kappa shape index (κ3) is 4.18. The first kappa shape index (κ1) is 21.8. The van der Waals surface area contributed by atoms with E-state index in [-0.39, 0.29) is 17.9 Å². The van der Waals surface area contributed by atoms with E-state index in [9.17, 15) is 13.2 Å². The number of hydrogen-bond donors (Lipinski definition) is 0. The normalized spacial score (nSPS) is 21.5. The molecule has 2 aliphatic rings. The van der Waals surface area contributed by atoms with Gasteiger partial charge in [0.2, 0.25) is 10.0 Å². The Bertz CT molecular complexity index is 1260. The van der Waals surface area contributed by atoms with Crippen molar-refractivity contribution in [3.05, 3.63) is 66.6 Å². The number of aromatic nitrogens is 3. The molecular formula is C24H27N5O3S. The summed E-state index contributed by atoms with van der Waals surface area (Å²) in [5.41, 5.74) is 2.11. The summed E-state index contributed by atoms with van der Waals surface area (Å²) >= 11 is 0. The maximum absolute atomic E-state index is 13.6. The van der Waals surface area contributed by atoms with Crippen LogP contribution in [0.5, 0.6) is 0 Å². The molecule has 0 saturated carbocycles.